The number of halogens is 1. The molecule has 0 fully saturated rings. The Morgan fingerprint density at radius 3 is 1.89 bits per heavy atom. The smallest absolute Gasteiger partial charge is 0.116 e. The summed E-state index contributed by atoms with van der Waals surface area (Å²) >= 11 is 3.46. The van der Waals surface area contributed by atoms with E-state index in [-0.39, 0.29) is 0 Å². The summed E-state index contributed by atoms with van der Waals surface area (Å²) in [6.45, 7) is 0. The first-order valence-electron chi connectivity index (χ1n) is 11.1. The molecule has 0 radical (unpaired) electrons. The molecule has 35 heavy (non-hydrogen) atoms. The summed E-state index contributed by atoms with van der Waals surface area (Å²) in [5.74, 6) is 0. The van der Waals surface area contributed by atoms with Gasteiger partial charge in [0.1, 0.15) is 11.4 Å². The van der Waals surface area contributed by atoms with Gasteiger partial charge in [-0.15, -0.1) is 0 Å². The molecular formula is C27H20BrN7. The topological polar surface area (TPSA) is 102 Å². The van der Waals surface area contributed by atoms with Crippen LogP contribution in [0.2, 0.25) is 0 Å². The summed E-state index contributed by atoms with van der Waals surface area (Å²) in [5.41, 5.74) is 8.25. The van der Waals surface area contributed by atoms with Gasteiger partial charge in [-0.25, -0.2) is 0 Å². The normalized spacial score (nSPS) is 11.0. The molecule has 7 nitrogen and oxygen atoms in total. The zero-order chi connectivity index (χ0) is 23.6. The lowest BCUT2D eigenvalue weighted by Crippen LogP contribution is -1.81. The maximum atomic E-state index is 4.40. The second kappa shape index (κ2) is 9.08. The molecule has 5 heterocycles. The van der Waals surface area contributed by atoms with Gasteiger partial charge in [0.25, 0.3) is 0 Å². The van der Waals surface area contributed by atoms with Gasteiger partial charge < -0.3 is 9.97 Å². The number of rotatable bonds is 3. The van der Waals surface area contributed by atoms with E-state index in [9.17, 15) is 0 Å². The Balaban J connectivity index is 0.000000136. The van der Waals surface area contributed by atoms with Crippen molar-refractivity contribution >= 4 is 37.7 Å². The number of fused-ring (bicyclic) bond motifs is 2. The van der Waals surface area contributed by atoms with Gasteiger partial charge in [-0.05, 0) is 66.2 Å². The number of nitrogens with zero attached hydrogens (tertiary/aromatic N) is 3. The van der Waals surface area contributed by atoms with Crippen molar-refractivity contribution in [1.29, 1.82) is 0 Å². The van der Waals surface area contributed by atoms with E-state index in [1.54, 1.807) is 6.20 Å². The molecule has 0 unspecified atom stereocenters. The average molecular weight is 522 g/mol. The van der Waals surface area contributed by atoms with E-state index in [4.69, 9.17) is 0 Å². The Morgan fingerprint density at radius 2 is 1.29 bits per heavy atom. The van der Waals surface area contributed by atoms with Crippen LogP contribution in [0.4, 0.5) is 0 Å². The Hall–Kier alpha value is -4.43. The number of benzene rings is 2. The summed E-state index contributed by atoms with van der Waals surface area (Å²) in [6, 6.07) is 24.3. The largest absolute Gasteiger partial charge is 0.360 e. The molecule has 8 heteroatoms. The number of hydrogen-bond donors (Lipinski definition) is 4. The molecule has 4 N–H and O–H groups in total. The number of pyridine rings is 1. The van der Waals surface area contributed by atoms with Crippen LogP contribution in [0.1, 0.15) is 0 Å². The Labute approximate surface area is 208 Å². The number of aromatic amines is 4. The maximum Gasteiger partial charge on any atom is 0.116 e. The van der Waals surface area contributed by atoms with Crippen molar-refractivity contribution < 1.29 is 0 Å². The molecule has 2 aromatic carbocycles. The summed E-state index contributed by atoms with van der Waals surface area (Å²) in [5, 5.41) is 17.0. The van der Waals surface area contributed by atoms with E-state index in [0.717, 1.165) is 60.2 Å². The van der Waals surface area contributed by atoms with E-state index in [0.29, 0.717) is 0 Å². The lowest BCUT2D eigenvalue weighted by Gasteiger charge is -2.01. The molecule has 0 saturated heterocycles. The number of H-pyrrole nitrogens is 4. The number of hydrogen-bond acceptors (Lipinski definition) is 3. The number of aromatic nitrogens is 7. The first-order chi connectivity index (χ1) is 17.3. The second-order valence-corrected chi connectivity index (χ2v) is 8.92. The van der Waals surface area contributed by atoms with Crippen LogP contribution in [0.3, 0.4) is 0 Å². The van der Waals surface area contributed by atoms with Gasteiger partial charge in [0.2, 0.25) is 0 Å². The molecule has 0 amide bonds. The fourth-order valence-corrected chi connectivity index (χ4v) is 4.44. The number of nitrogens with one attached hydrogen (secondary N) is 4. The minimum Gasteiger partial charge on any atom is -0.360 e. The Bertz CT molecular complexity index is 1700. The molecule has 0 aliphatic heterocycles. The van der Waals surface area contributed by atoms with Crippen molar-refractivity contribution in [3.05, 3.63) is 102 Å². The van der Waals surface area contributed by atoms with E-state index in [1.165, 1.54) is 0 Å². The molecule has 0 aliphatic carbocycles. The monoisotopic (exact) mass is 521 g/mol. The highest BCUT2D eigenvalue weighted by atomic mass is 79.9. The van der Waals surface area contributed by atoms with Crippen LogP contribution in [0.25, 0.3) is 55.7 Å². The van der Waals surface area contributed by atoms with Gasteiger partial charge in [0, 0.05) is 45.6 Å². The van der Waals surface area contributed by atoms with Crippen LogP contribution in [-0.2, 0) is 0 Å². The van der Waals surface area contributed by atoms with Gasteiger partial charge in [0.15, 0.2) is 0 Å². The van der Waals surface area contributed by atoms with Crippen molar-refractivity contribution in [2.45, 2.75) is 0 Å². The predicted molar refractivity (Wildman–Crippen MR) is 143 cm³/mol. The molecule has 0 spiro atoms. The van der Waals surface area contributed by atoms with Crippen LogP contribution in [0, 0.1) is 0 Å². The van der Waals surface area contributed by atoms with Crippen LogP contribution in [0.5, 0.6) is 0 Å². The lowest BCUT2D eigenvalue weighted by molar-refractivity contribution is 1.12. The summed E-state index contributed by atoms with van der Waals surface area (Å²) in [7, 11) is 0. The van der Waals surface area contributed by atoms with Crippen molar-refractivity contribution in [3.8, 4) is 33.9 Å². The molecule has 5 aromatic heterocycles. The lowest BCUT2D eigenvalue weighted by atomic mass is 10.0. The fraction of sp³-hybridized carbons (Fsp3) is 0. The van der Waals surface area contributed by atoms with Crippen LogP contribution in [-0.4, -0.2) is 35.3 Å². The highest BCUT2D eigenvalue weighted by Crippen LogP contribution is 2.29. The van der Waals surface area contributed by atoms with E-state index in [2.05, 4.69) is 81.6 Å². The van der Waals surface area contributed by atoms with Crippen molar-refractivity contribution in [3.63, 3.8) is 0 Å². The Morgan fingerprint density at radius 1 is 0.629 bits per heavy atom. The first kappa shape index (κ1) is 21.1. The highest BCUT2D eigenvalue weighted by Gasteiger charge is 2.10. The SMILES string of the molecule is Brc1ccc2[nH]nc(-c3ccc[nH]3)c2c1.c1cncc(-c2ccc3[nH]nc(-c4ccc[nH]4)c3c2)c1. The predicted octanol–water partition coefficient (Wildman–Crippen LogP) is 6.94. The minimum absolute atomic E-state index is 0.941. The molecule has 7 aromatic rings. The van der Waals surface area contributed by atoms with Crippen molar-refractivity contribution in [2.75, 3.05) is 0 Å². The zero-order valence-electron chi connectivity index (χ0n) is 18.5. The van der Waals surface area contributed by atoms with Gasteiger partial charge in [-0.2, -0.15) is 10.2 Å². The molecule has 0 atom stereocenters. The third-order valence-corrected chi connectivity index (χ3v) is 6.28. The van der Waals surface area contributed by atoms with E-state index in [1.807, 2.05) is 61.1 Å². The van der Waals surface area contributed by atoms with Gasteiger partial charge >= 0.3 is 0 Å². The van der Waals surface area contributed by atoms with Crippen molar-refractivity contribution in [2.24, 2.45) is 0 Å². The second-order valence-electron chi connectivity index (χ2n) is 8.00. The summed E-state index contributed by atoms with van der Waals surface area (Å²) < 4.78 is 1.06. The molecule has 0 aliphatic rings. The standard InChI is InChI=1S/C16H12N4.C11H8BrN3/c1-3-12(10-17-7-1)11-5-6-14-13(9-11)16(20-19-14)15-4-2-8-18-15;12-7-3-4-9-8(6-7)11(15-14-9)10-2-1-5-13-10/h1-10,18H,(H,19,20);1-6,13H,(H,14,15). The first-order valence-corrected chi connectivity index (χ1v) is 11.9. The molecule has 0 saturated carbocycles. The minimum atomic E-state index is 0.941. The van der Waals surface area contributed by atoms with Crippen molar-refractivity contribution in [1.82, 2.24) is 35.3 Å². The molecule has 170 valence electrons. The summed E-state index contributed by atoms with van der Waals surface area (Å²) in [6.07, 6.45) is 7.45. The molecular weight excluding hydrogens is 502 g/mol. The van der Waals surface area contributed by atoms with Gasteiger partial charge in [-0.3, -0.25) is 15.2 Å². The summed E-state index contributed by atoms with van der Waals surface area (Å²) in [4.78, 5) is 10.5. The van der Waals surface area contributed by atoms with Gasteiger partial charge in [-0.1, -0.05) is 28.1 Å². The third-order valence-electron chi connectivity index (χ3n) is 5.79. The van der Waals surface area contributed by atoms with E-state index < -0.39 is 0 Å². The highest BCUT2D eigenvalue weighted by molar-refractivity contribution is 9.10. The third kappa shape index (κ3) is 4.15. The molecule has 0 bridgehead atoms. The van der Waals surface area contributed by atoms with Crippen LogP contribution < -0.4 is 0 Å². The van der Waals surface area contributed by atoms with Gasteiger partial charge in [0.05, 0.1) is 22.4 Å². The average Bonchev–Trinajstić information content (AvgIpc) is 3.70. The van der Waals surface area contributed by atoms with Crippen LogP contribution in [0.15, 0.2) is 102 Å². The quantitative estimate of drug-likeness (QED) is 0.202. The maximum absolute atomic E-state index is 4.40. The van der Waals surface area contributed by atoms with Crippen LogP contribution >= 0.6 is 15.9 Å². The van der Waals surface area contributed by atoms with E-state index >= 15 is 0 Å². The fourth-order valence-electron chi connectivity index (χ4n) is 4.08. The Kier molecular flexibility index (Phi) is 5.48. The zero-order valence-corrected chi connectivity index (χ0v) is 20.0. The molecule has 7 rings (SSSR count).